The molecular weight excluding hydrogens is 195 g/mol. The molecule has 0 aliphatic carbocycles. The topological polar surface area (TPSA) is 49.7 Å². The van der Waals surface area contributed by atoms with Crippen LogP contribution in [0, 0.1) is 0 Å². The van der Waals surface area contributed by atoms with Gasteiger partial charge in [-0.05, 0) is 13.8 Å². The number of amidine groups is 1. The van der Waals surface area contributed by atoms with Gasteiger partial charge in [0, 0.05) is 7.05 Å². The van der Waals surface area contributed by atoms with Crippen molar-refractivity contribution < 1.29 is 12.3 Å². The molecular formula is C7H13FN2O2S. The van der Waals surface area contributed by atoms with Crippen LogP contribution >= 0.6 is 0 Å². The highest BCUT2D eigenvalue weighted by Crippen LogP contribution is 2.04. The molecule has 0 aromatic carbocycles. The quantitative estimate of drug-likeness (QED) is 0.302. The Hall–Kier alpha value is -0.910. The molecule has 0 aliphatic rings. The largest absolute Gasteiger partial charge is 0.400 e. The van der Waals surface area contributed by atoms with Crippen LogP contribution in [0.4, 0.5) is 3.89 Å². The minimum Gasteiger partial charge on any atom is -0.275 e. The second kappa shape index (κ2) is 4.96. The summed E-state index contributed by atoms with van der Waals surface area (Å²) < 4.78 is 34.4. The summed E-state index contributed by atoms with van der Waals surface area (Å²) in [5.41, 5.74) is 0. The van der Waals surface area contributed by atoms with Crippen LogP contribution in [-0.4, -0.2) is 32.2 Å². The average molecular weight is 208 g/mol. The Bertz CT molecular complexity index is 308. The van der Waals surface area contributed by atoms with Gasteiger partial charge in [0.05, 0.1) is 6.54 Å². The summed E-state index contributed by atoms with van der Waals surface area (Å²) in [6.07, 6.45) is 3.17. The van der Waals surface area contributed by atoms with E-state index in [0.717, 1.165) is 0 Å². The van der Waals surface area contributed by atoms with Crippen molar-refractivity contribution in [3.63, 3.8) is 0 Å². The first kappa shape index (κ1) is 12.1. The van der Waals surface area contributed by atoms with Crippen molar-refractivity contribution in [3.8, 4) is 0 Å². The highest BCUT2D eigenvalue weighted by molar-refractivity contribution is 7.84. The monoisotopic (exact) mass is 208 g/mol. The summed E-state index contributed by atoms with van der Waals surface area (Å²) in [7, 11) is -3.29. The van der Waals surface area contributed by atoms with Crippen molar-refractivity contribution in [2.75, 3.05) is 13.6 Å². The maximum absolute atomic E-state index is 12.6. The Morgan fingerprint density at radius 3 is 2.46 bits per heavy atom. The maximum Gasteiger partial charge on any atom is 0.400 e. The fraction of sp³-hybridized carbons (Fsp3) is 0.571. The third-order valence-corrected chi connectivity index (χ3v) is 2.39. The van der Waals surface area contributed by atoms with Gasteiger partial charge < -0.3 is 0 Å². The average Bonchev–Trinajstić information content (AvgIpc) is 2.02. The number of aliphatic imine (C=N–C) groups is 1. The molecule has 0 aromatic heterocycles. The second-order valence-electron chi connectivity index (χ2n) is 2.31. The Kier molecular flexibility index (Phi) is 4.61. The molecule has 0 saturated heterocycles. The lowest BCUT2D eigenvalue weighted by Crippen LogP contribution is -2.32. The predicted molar refractivity (Wildman–Crippen MR) is 50.6 cm³/mol. The van der Waals surface area contributed by atoms with Gasteiger partial charge in [-0.15, -0.1) is 0 Å². The van der Waals surface area contributed by atoms with E-state index in [-0.39, 0.29) is 12.4 Å². The Morgan fingerprint density at radius 1 is 1.62 bits per heavy atom. The molecule has 0 heterocycles. The SMILES string of the molecule is C/C=C\CN(C(C)=NC)S(=O)(=O)F. The molecule has 13 heavy (non-hydrogen) atoms. The molecule has 0 unspecified atom stereocenters. The molecule has 0 radical (unpaired) electrons. The molecule has 76 valence electrons. The molecule has 0 atom stereocenters. The second-order valence-corrected chi connectivity index (χ2v) is 3.58. The van der Waals surface area contributed by atoms with E-state index in [2.05, 4.69) is 4.99 Å². The van der Waals surface area contributed by atoms with E-state index in [0.29, 0.717) is 4.31 Å². The van der Waals surface area contributed by atoms with Crippen LogP contribution in [0.25, 0.3) is 0 Å². The minimum atomic E-state index is -4.70. The summed E-state index contributed by atoms with van der Waals surface area (Å²) in [6, 6.07) is 0. The fourth-order valence-electron chi connectivity index (χ4n) is 0.692. The molecule has 0 amide bonds. The van der Waals surface area contributed by atoms with Crippen LogP contribution in [0.3, 0.4) is 0 Å². The lowest BCUT2D eigenvalue weighted by atomic mass is 10.5. The van der Waals surface area contributed by atoms with Gasteiger partial charge in [0.2, 0.25) is 0 Å². The van der Waals surface area contributed by atoms with E-state index >= 15 is 0 Å². The molecule has 0 saturated carbocycles. The normalized spacial score (nSPS) is 13.7. The van der Waals surface area contributed by atoms with E-state index in [1.807, 2.05) is 0 Å². The van der Waals surface area contributed by atoms with E-state index in [1.165, 1.54) is 20.0 Å². The zero-order valence-electron chi connectivity index (χ0n) is 7.86. The van der Waals surface area contributed by atoms with Gasteiger partial charge in [-0.25, -0.2) is 4.31 Å². The highest BCUT2D eigenvalue weighted by atomic mass is 32.3. The lowest BCUT2D eigenvalue weighted by molar-refractivity contribution is 0.491. The number of rotatable bonds is 3. The van der Waals surface area contributed by atoms with Gasteiger partial charge >= 0.3 is 10.4 Å². The first-order chi connectivity index (χ1) is 5.93. The fourth-order valence-corrected chi connectivity index (χ4v) is 1.35. The Labute approximate surface area is 78.1 Å². The van der Waals surface area contributed by atoms with Gasteiger partial charge in [0.1, 0.15) is 5.84 Å². The van der Waals surface area contributed by atoms with Gasteiger partial charge in [-0.1, -0.05) is 16.0 Å². The van der Waals surface area contributed by atoms with Crippen LogP contribution in [-0.2, 0) is 10.4 Å². The summed E-state index contributed by atoms with van der Waals surface area (Å²) >= 11 is 0. The van der Waals surface area contributed by atoms with Crippen LogP contribution in [0.15, 0.2) is 17.1 Å². The highest BCUT2D eigenvalue weighted by Gasteiger charge is 2.20. The molecule has 0 rings (SSSR count). The first-order valence-corrected chi connectivity index (χ1v) is 5.04. The molecule has 0 N–H and O–H groups in total. The standard InChI is InChI=1S/C7H13FN2O2S/c1-4-5-6-10(7(2)9-3)13(8,11)12/h4-5H,6H2,1-3H3/b5-4-,9-7?. The molecule has 0 spiro atoms. The summed E-state index contributed by atoms with van der Waals surface area (Å²) in [5, 5.41) is 0. The number of nitrogens with zero attached hydrogens (tertiary/aromatic N) is 2. The third kappa shape index (κ3) is 4.02. The van der Waals surface area contributed by atoms with Crippen molar-refractivity contribution >= 4 is 16.2 Å². The van der Waals surface area contributed by atoms with Crippen LogP contribution < -0.4 is 0 Å². The smallest absolute Gasteiger partial charge is 0.275 e. The Balaban J connectivity index is 4.78. The Morgan fingerprint density at radius 2 is 2.15 bits per heavy atom. The number of halogens is 1. The number of allylic oxidation sites excluding steroid dienone is 1. The molecule has 4 nitrogen and oxygen atoms in total. The van der Waals surface area contributed by atoms with Crippen LogP contribution in [0.5, 0.6) is 0 Å². The molecule has 0 bridgehead atoms. The first-order valence-electron chi connectivity index (χ1n) is 3.70. The van der Waals surface area contributed by atoms with E-state index in [1.54, 1.807) is 13.0 Å². The third-order valence-electron chi connectivity index (χ3n) is 1.45. The van der Waals surface area contributed by atoms with Gasteiger partial charge in [0.25, 0.3) is 0 Å². The number of hydrogen-bond acceptors (Lipinski definition) is 3. The lowest BCUT2D eigenvalue weighted by Gasteiger charge is -2.16. The van der Waals surface area contributed by atoms with Gasteiger partial charge in [-0.2, -0.15) is 8.42 Å². The van der Waals surface area contributed by atoms with Crippen molar-refractivity contribution in [3.05, 3.63) is 12.2 Å². The summed E-state index contributed by atoms with van der Waals surface area (Å²) in [4.78, 5) is 3.60. The van der Waals surface area contributed by atoms with Crippen molar-refractivity contribution in [1.29, 1.82) is 0 Å². The molecule has 0 aromatic rings. The molecule has 6 heteroatoms. The summed E-state index contributed by atoms with van der Waals surface area (Å²) in [6.45, 7) is 3.13. The van der Waals surface area contributed by atoms with Gasteiger partial charge in [-0.3, -0.25) is 4.99 Å². The van der Waals surface area contributed by atoms with E-state index in [9.17, 15) is 12.3 Å². The zero-order valence-corrected chi connectivity index (χ0v) is 8.68. The van der Waals surface area contributed by atoms with E-state index < -0.39 is 10.4 Å². The molecule has 0 aliphatic heterocycles. The van der Waals surface area contributed by atoms with Crippen molar-refractivity contribution in [2.24, 2.45) is 4.99 Å². The minimum absolute atomic E-state index is 0.0293. The maximum atomic E-state index is 12.6. The van der Waals surface area contributed by atoms with Gasteiger partial charge in [0.15, 0.2) is 0 Å². The van der Waals surface area contributed by atoms with Crippen molar-refractivity contribution in [1.82, 2.24) is 4.31 Å². The van der Waals surface area contributed by atoms with Crippen molar-refractivity contribution in [2.45, 2.75) is 13.8 Å². The number of hydrogen-bond donors (Lipinski definition) is 0. The predicted octanol–water partition coefficient (Wildman–Crippen LogP) is 1.13. The zero-order chi connectivity index (χ0) is 10.5. The molecule has 0 fully saturated rings. The van der Waals surface area contributed by atoms with Crippen LogP contribution in [0.2, 0.25) is 0 Å². The summed E-state index contributed by atoms with van der Waals surface area (Å²) in [5.74, 6) is 0.126. The van der Waals surface area contributed by atoms with Crippen LogP contribution in [0.1, 0.15) is 13.8 Å². The van der Waals surface area contributed by atoms with E-state index in [4.69, 9.17) is 0 Å².